The number of carbonyl (C=O) groups excluding carboxylic acids is 1. The molecule has 1 rings (SSSR count). The SMILES string of the molecule is C=CC[C@@H](C=O)SCc1ccccc1. The Morgan fingerprint density at radius 2 is 2.07 bits per heavy atom. The number of rotatable bonds is 6. The molecule has 0 aliphatic carbocycles. The van der Waals surface area contributed by atoms with E-state index in [0.717, 1.165) is 18.5 Å². The molecule has 0 saturated carbocycles. The Bertz CT molecular complexity index is 282. The van der Waals surface area contributed by atoms with Crippen LogP contribution in [-0.2, 0) is 10.5 Å². The summed E-state index contributed by atoms with van der Waals surface area (Å²) in [6.45, 7) is 3.63. The van der Waals surface area contributed by atoms with Gasteiger partial charge in [-0.3, -0.25) is 0 Å². The molecule has 0 bridgehead atoms. The van der Waals surface area contributed by atoms with Gasteiger partial charge in [0, 0.05) is 5.75 Å². The van der Waals surface area contributed by atoms with Gasteiger partial charge < -0.3 is 4.79 Å². The van der Waals surface area contributed by atoms with Crippen LogP contribution in [0.5, 0.6) is 0 Å². The molecule has 0 aromatic heterocycles. The van der Waals surface area contributed by atoms with Crippen molar-refractivity contribution in [1.82, 2.24) is 0 Å². The fourth-order valence-corrected chi connectivity index (χ4v) is 2.05. The Labute approximate surface area is 89.2 Å². The van der Waals surface area contributed by atoms with Crippen molar-refractivity contribution in [1.29, 1.82) is 0 Å². The second-order valence-electron chi connectivity index (χ2n) is 3.00. The number of hydrogen-bond acceptors (Lipinski definition) is 2. The minimum Gasteiger partial charge on any atom is -0.302 e. The average molecular weight is 206 g/mol. The highest BCUT2D eigenvalue weighted by Crippen LogP contribution is 2.18. The summed E-state index contributed by atoms with van der Waals surface area (Å²) in [5.74, 6) is 0.887. The van der Waals surface area contributed by atoms with E-state index in [1.54, 1.807) is 17.8 Å². The highest BCUT2D eigenvalue weighted by Gasteiger charge is 2.05. The molecule has 0 heterocycles. The van der Waals surface area contributed by atoms with Crippen LogP contribution in [0.2, 0.25) is 0 Å². The van der Waals surface area contributed by atoms with Crippen molar-refractivity contribution in [2.75, 3.05) is 0 Å². The summed E-state index contributed by atoms with van der Waals surface area (Å²) >= 11 is 1.66. The number of carbonyl (C=O) groups is 1. The Kier molecular flexibility index (Phi) is 5.08. The fraction of sp³-hybridized carbons (Fsp3) is 0.250. The van der Waals surface area contributed by atoms with Gasteiger partial charge in [0.15, 0.2) is 0 Å². The number of benzene rings is 1. The zero-order valence-electron chi connectivity index (χ0n) is 8.06. The third-order valence-electron chi connectivity index (χ3n) is 1.86. The predicted octanol–water partition coefficient (Wildman–Crippen LogP) is 3.06. The van der Waals surface area contributed by atoms with Gasteiger partial charge in [0.05, 0.1) is 5.25 Å². The van der Waals surface area contributed by atoms with Crippen LogP contribution in [0.25, 0.3) is 0 Å². The molecule has 0 N–H and O–H groups in total. The second kappa shape index (κ2) is 6.44. The molecule has 0 fully saturated rings. The van der Waals surface area contributed by atoms with E-state index in [4.69, 9.17) is 0 Å². The molecule has 0 spiro atoms. The lowest BCUT2D eigenvalue weighted by atomic mass is 10.2. The van der Waals surface area contributed by atoms with Gasteiger partial charge in [-0.1, -0.05) is 36.4 Å². The van der Waals surface area contributed by atoms with Crippen LogP contribution in [-0.4, -0.2) is 11.5 Å². The third kappa shape index (κ3) is 3.79. The van der Waals surface area contributed by atoms with E-state index in [1.165, 1.54) is 5.56 Å². The van der Waals surface area contributed by atoms with Crippen molar-refractivity contribution < 1.29 is 4.79 Å². The third-order valence-corrected chi connectivity index (χ3v) is 3.09. The van der Waals surface area contributed by atoms with Crippen molar-refractivity contribution in [3.05, 3.63) is 48.6 Å². The van der Waals surface area contributed by atoms with Crippen LogP contribution in [0, 0.1) is 0 Å². The van der Waals surface area contributed by atoms with Crippen LogP contribution in [0.1, 0.15) is 12.0 Å². The Balaban J connectivity index is 2.39. The summed E-state index contributed by atoms with van der Waals surface area (Å²) in [5.41, 5.74) is 1.26. The molecule has 0 saturated heterocycles. The Morgan fingerprint density at radius 3 is 2.64 bits per heavy atom. The van der Waals surface area contributed by atoms with Gasteiger partial charge in [-0.2, -0.15) is 0 Å². The van der Waals surface area contributed by atoms with Gasteiger partial charge >= 0.3 is 0 Å². The molecule has 2 heteroatoms. The minimum absolute atomic E-state index is 0.0488. The minimum atomic E-state index is 0.0488. The van der Waals surface area contributed by atoms with E-state index in [1.807, 2.05) is 18.2 Å². The van der Waals surface area contributed by atoms with Crippen molar-refractivity contribution in [2.45, 2.75) is 17.4 Å². The quantitative estimate of drug-likeness (QED) is 0.525. The van der Waals surface area contributed by atoms with Crippen LogP contribution < -0.4 is 0 Å². The van der Waals surface area contributed by atoms with Crippen molar-refractivity contribution >= 4 is 18.0 Å². The first kappa shape index (κ1) is 11.1. The van der Waals surface area contributed by atoms with Gasteiger partial charge in [0.1, 0.15) is 6.29 Å². The van der Waals surface area contributed by atoms with E-state index >= 15 is 0 Å². The second-order valence-corrected chi connectivity index (χ2v) is 4.22. The van der Waals surface area contributed by atoms with E-state index in [0.29, 0.717) is 0 Å². The molecule has 0 radical (unpaired) electrons. The van der Waals surface area contributed by atoms with Gasteiger partial charge in [-0.15, -0.1) is 18.3 Å². The topological polar surface area (TPSA) is 17.1 Å². The van der Waals surface area contributed by atoms with E-state index < -0.39 is 0 Å². The van der Waals surface area contributed by atoms with Crippen LogP contribution in [0.15, 0.2) is 43.0 Å². The standard InChI is InChI=1S/C12H14OS/c1-2-6-12(9-13)14-10-11-7-4-3-5-8-11/h2-5,7-9,12H,1,6,10H2/t12-/m0/s1. The highest BCUT2D eigenvalue weighted by atomic mass is 32.2. The van der Waals surface area contributed by atoms with Crippen LogP contribution in [0.3, 0.4) is 0 Å². The molecule has 14 heavy (non-hydrogen) atoms. The summed E-state index contributed by atoms with van der Waals surface area (Å²) in [7, 11) is 0. The normalized spacial score (nSPS) is 12.0. The van der Waals surface area contributed by atoms with Crippen molar-refractivity contribution in [3.63, 3.8) is 0 Å². The molecule has 1 atom stereocenters. The number of aldehydes is 1. The predicted molar refractivity (Wildman–Crippen MR) is 62.4 cm³/mol. The van der Waals surface area contributed by atoms with Gasteiger partial charge in [-0.25, -0.2) is 0 Å². The zero-order chi connectivity index (χ0) is 10.2. The molecule has 1 nitrogen and oxygen atoms in total. The Hall–Kier alpha value is -1.02. The van der Waals surface area contributed by atoms with Crippen molar-refractivity contribution in [3.8, 4) is 0 Å². The van der Waals surface area contributed by atoms with E-state index in [2.05, 4.69) is 18.7 Å². The van der Waals surface area contributed by atoms with Crippen molar-refractivity contribution in [2.24, 2.45) is 0 Å². The van der Waals surface area contributed by atoms with Gasteiger partial charge in [-0.05, 0) is 12.0 Å². The average Bonchev–Trinajstić information content (AvgIpc) is 2.25. The molecule has 74 valence electrons. The smallest absolute Gasteiger partial charge is 0.133 e. The molecule has 1 aromatic rings. The summed E-state index contributed by atoms with van der Waals surface area (Å²) in [4.78, 5) is 10.6. The summed E-state index contributed by atoms with van der Waals surface area (Å²) in [6, 6.07) is 10.2. The first-order valence-corrected chi connectivity index (χ1v) is 5.63. The number of hydrogen-bond donors (Lipinski definition) is 0. The largest absolute Gasteiger partial charge is 0.302 e. The molecular weight excluding hydrogens is 192 g/mol. The molecule has 0 aliphatic rings. The highest BCUT2D eigenvalue weighted by molar-refractivity contribution is 7.99. The lowest BCUT2D eigenvalue weighted by molar-refractivity contribution is -0.107. The summed E-state index contributed by atoms with van der Waals surface area (Å²) in [6.07, 6.45) is 3.54. The molecule has 0 amide bonds. The first-order chi connectivity index (χ1) is 6.86. The maximum absolute atomic E-state index is 10.6. The molecule has 0 aliphatic heterocycles. The van der Waals surface area contributed by atoms with Gasteiger partial charge in [0.25, 0.3) is 0 Å². The van der Waals surface area contributed by atoms with Crippen LogP contribution in [0.4, 0.5) is 0 Å². The van der Waals surface area contributed by atoms with E-state index in [-0.39, 0.29) is 5.25 Å². The van der Waals surface area contributed by atoms with E-state index in [9.17, 15) is 4.79 Å². The Morgan fingerprint density at radius 1 is 1.36 bits per heavy atom. The lowest BCUT2D eigenvalue weighted by Gasteiger charge is -2.06. The maximum Gasteiger partial charge on any atom is 0.133 e. The number of allylic oxidation sites excluding steroid dienone is 1. The maximum atomic E-state index is 10.6. The molecule has 1 aromatic carbocycles. The monoisotopic (exact) mass is 206 g/mol. The first-order valence-electron chi connectivity index (χ1n) is 4.58. The summed E-state index contributed by atoms with van der Waals surface area (Å²) in [5, 5.41) is 0.0488. The lowest BCUT2D eigenvalue weighted by Crippen LogP contribution is -2.02. The zero-order valence-corrected chi connectivity index (χ0v) is 8.87. The van der Waals surface area contributed by atoms with Crippen LogP contribution >= 0.6 is 11.8 Å². The summed E-state index contributed by atoms with van der Waals surface area (Å²) < 4.78 is 0. The van der Waals surface area contributed by atoms with Gasteiger partial charge in [0.2, 0.25) is 0 Å². The number of thioether (sulfide) groups is 1. The molecular formula is C12H14OS. The molecule has 0 unspecified atom stereocenters. The fourth-order valence-electron chi connectivity index (χ4n) is 1.10.